The van der Waals surface area contributed by atoms with E-state index in [1.54, 1.807) is 0 Å². The lowest BCUT2D eigenvalue weighted by atomic mass is 10.2. The Balaban J connectivity index is 2.30. The molecule has 3 heteroatoms. The molecule has 1 aromatic rings. The summed E-state index contributed by atoms with van der Waals surface area (Å²) >= 11 is 0. The summed E-state index contributed by atoms with van der Waals surface area (Å²) in [6.07, 6.45) is 1.19. The van der Waals surface area contributed by atoms with Crippen molar-refractivity contribution in [2.45, 2.75) is 26.3 Å². The average molecular weight is 221 g/mol. The molecule has 0 aliphatic rings. The van der Waals surface area contributed by atoms with Crippen molar-refractivity contribution in [3.8, 4) is 0 Å². The molecule has 90 valence electrons. The van der Waals surface area contributed by atoms with Crippen LogP contribution in [-0.2, 0) is 0 Å². The maximum Gasteiger partial charge on any atom is 0.0361 e. The van der Waals surface area contributed by atoms with Crippen LogP contribution in [0.2, 0.25) is 0 Å². The van der Waals surface area contributed by atoms with Crippen LogP contribution in [0.3, 0.4) is 0 Å². The third kappa shape index (κ3) is 4.11. The summed E-state index contributed by atoms with van der Waals surface area (Å²) < 4.78 is 0. The smallest absolute Gasteiger partial charge is 0.0361 e. The summed E-state index contributed by atoms with van der Waals surface area (Å²) in [6, 6.07) is 8.51. The van der Waals surface area contributed by atoms with Crippen molar-refractivity contribution in [1.29, 1.82) is 0 Å². The van der Waals surface area contributed by atoms with Gasteiger partial charge in [-0.1, -0.05) is 13.0 Å². The molecule has 0 saturated heterocycles. The fourth-order valence-electron chi connectivity index (χ4n) is 1.56. The molecule has 0 fully saturated rings. The van der Waals surface area contributed by atoms with Gasteiger partial charge in [-0.2, -0.15) is 0 Å². The lowest BCUT2D eigenvalue weighted by Crippen LogP contribution is -2.32. The fourth-order valence-corrected chi connectivity index (χ4v) is 1.56. The van der Waals surface area contributed by atoms with Crippen LogP contribution in [0.5, 0.6) is 0 Å². The number of likely N-dealkylation sites (N-methyl/N-ethyl adjacent to an activating group) is 1. The zero-order valence-corrected chi connectivity index (χ0v) is 10.5. The lowest BCUT2D eigenvalue weighted by molar-refractivity contribution is 0.261. The molecule has 16 heavy (non-hydrogen) atoms. The average Bonchev–Trinajstić information content (AvgIpc) is 2.28. The van der Waals surface area contributed by atoms with Gasteiger partial charge in [-0.25, -0.2) is 0 Å². The van der Waals surface area contributed by atoms with Gasteiger partial charge in [0.2, 0.25) is 0 Å². The van der Waals surface area contributed by atoms with Gasteiger partial charge < -0.3 is 16.0 Å². The fraction of sp³-hybridized carbons (Fsp3) is 0.538. The summed E-state index contributed by atoms with van der Waals surface area (Å²) in [6.45, 7) is 6.46. The van der Waals surface area contributed by atoms with Crippen LogP contribution in [-0.4, -0.2) is 31.1 Å². The molecular weight excluding hydrogens is 198 g/mol. The van der Waals surface area contributed by atoms with E-state index in [4.69, 9.17) is 5.73 Å². The second-order valence-corrected chi connectivity index (χ2v) is 4.29. The lowest BCUT2D eigenvalue weighted by Gasteiger charge is -2.23. The van der Waals surface area contributed by atoms with E-state index in [0.717, 1.165) is 24.5 Å². The summed E-state index contributed by atoms with van der Waals surface area (Å²) in [5, 5.41) is 3.37. The Morgan fingerprint density at radius 2 is 2.19 bits per heavy atom. The highest BCUT2D eigenvalue weighted by Crippen LogP contribution is 2.11. The van der Waals surface area contributed by atoms with Crippen LogP contribution in [0.15, 0.2) is 24.3 Å². The minimum atomic E-state index is 0.641. The molecule has 1 atom stereocenters. The molecule has 0 radical (unpaired) electrons. The van der Waals surface area contributed by atoms with E-state index in [2.05, 4.69) is 31.1 Å². The Morgan fingerprint density at radius 3 is 2.81 bits per heavy atom. The molecule has 0 aromatic heterocycles. The summed E-state index contributed by atoms with van der Waals surface area (Å²) in [5.74, 6) is 0. The van der Waals surface area contributed by atoms with Gasteiger partial charge >= 0.3 is 0 Å². The van der Waals surface area contributed by atoms with Gasteiger partial charge in [0.05, 0.1) is 0 Å². The first-order chi connectivity index (χ1) is 7.63. The largest absolute Gasteiger partial charge is 0.399 e. The Morgan fingerprint density at radius 1 is 1.44 bits per heavy atom. The number of nitrogens with zero attached hydrogens (tertiary/aromatic N) is 1. The number of hydrogen-bond acceptors (Lipinski definition) is 3. The van der Waals surface area contributed by atoms with Crippen LogP contribution in [0, 0.1) is 0 Å². The number of nitrogens with two attached hydrogens (primary N) is 1. The zero-order chi connectivity index (χ0) is 12.0. The Kier molecular flexibility index (Phi) is 5.12. The van der Waals surface area contributed by atoms with Gasteiger partial charge in [0, 0.05) is 30.5 Å². The topological polar surface area (TPSA) is 41.3 Å². The quantitative estimate of drug-likeness (QED) is 0.725. The molecule has 1 unspecified atom stereocenters. The maximum atomic E-state index is 5.71. The highest BCUT2D eigenvalue weighted by Gasteiger charge is 2.05. The summed E-state index contributed by atoms with van der Waals surface area (Å²) in [7, 11) is 2.16. The van der Waals surface area contributed by atoms with E-state index < -0.39 is 0 Å². The zero-order valence-electron chi connectivity index (χ0n) is 10.5. The molecule has 3 nitrogen and oxygen atoms in total. The predicted octanol–water partition coefficient (Wildman–Crippen LogP) is 2.41. The van der Waals surface area contributed by atoms with Crippen LogP contribution in [0.1, 0.15) is 20.3 Å². The summed E-state index contributed by atoms with van der Waals surface area (Å²) in [5.41, 5.74) is 7.61. The van der Waals surface area contributed by atoms with Gasteiger partial charge in [-0.15, -0.1) is 0 Å². The van der Waals surface area contributed by atoms with E-state index in [9.17, 15) is 0 Å². The number of nitrogens with one attached hydrogen (secondary N) is 1. The van der Waals surface area contributed by atoms with E-state index >= 15 is 0 Å². The normalized spacial score (nSPS) is 12.8. The molecule has 0 aliphatic carbocycles. The number of rotatable bonds is 6. The Bertz CT molecular complexity index is 312. The molecular formula is C13H23N3. The van der Waals surface area contributed by atoms with Gasteiger partial charge in [-0.05, 0) is 38.6 Å². The number of benzene rings is 1. The minimum Gasteiger partial charge on any atom is -0.399 e. The molecule has 0 amide bonds. The molecule has 1 aromatic carbocycles. The third-order valence-corrected chi connectivity index (χ3v) is 3.02. The van der Waals surface area contributed by atoms with Gasteiger partial charge in [0.25, 0.3) is 0 Å². The molecule has 0 heterocycles. The van der Waals surface area contributed by atoms with Gasteiger partial charge in [0.1, 0.15) is 0 Å². The number of hydrogen-bond donors (Lipinski definition) is 2. The van der Waals surface area contributed by atoms with Crippen molar-refractivity contribution < 1.29 is 0 Å². The van der Waals surface area contributed by atoms with Crippen molar-refractivity contribution in [1.82, 2.24) is 4.90 Å². The number of nitrogen functional groups attached to an aromatic ring is 1. The van der Waals surface area contributed by atoms with Crippen LogP contribution in [0.4, 0.5) is 11.4 Å². The van der Waals surface area contributed by atoms with Crippen LogP contribution >= 0.6 is 0 Å². The summed E-state index contributed by atoms with van der Waals surface area (Å²) in [4.78, 5) is 2.36. The molecule has 0 aliphatic heterocycles. The van der Waals surface area contributed by atoms with Crippen molar-refractivity contribution >= 4 is 11.4 Å². The first-order valence-corrected chi connectivity index (χ1v) is 5.93. The van der Waals surface area contributed by atoms with Crippen molar-refractivity contribution in [3.05, 3.63) is 24.3 Å². The highest BCUT2D eigenvalue weighted by molar-refractivity contribution is 5.53. The highest BCUT2D eigenvalue weighted by atomic mass is 15.1. The van der Waals surface area contributed by atoms with Crippen molar-refractivity contribution in [2.75, 3.05) is 31.2 Å². The third-order valence-electron chi connectivity index (χ3n) is 3.02. The van der Waals surface area contributed by atoms with Gasteiger partial charge in [-0.3, -0.25) is 0 Å². The number of anilines is 2. The predicted molar refractivity (Wildman–Crippen MR) is 71.7 cm³/mol. The SMILES string of the molecule is CCC(C)N(C)CCNc1cccc(N)c1. The van der Waals surface area contributed by atoms with Crippen LogP contribution < -0.4 is 11.1 Å². The molecule has 3 N–H and O–H groups in total. The van der Waals surface area contributed by atoms with E-state index in [0.29, 0.717) is 6.04 Å². The van der Waals surface area contributed by atoms with Crippen molar-refractivity contribution in [3.63, 3.8) is 0 Å². The van der Waals surface area contributed by atoms with Crippen molar-refractivity contribution in [2.24, 2.45) is 0 Å². The molecule has 0 saturated carbocycles. The Labute approximate surface area is 98.6 Å². The second-order valence-electron chi connectivity index (χ2n) is 4.29. The standard InChI is InChI=1S/C13H23N3/c1-4-11(2)16(3)9-8-15-13-7-5-6-12(14)10-13/h5-7,10-11,15H,4,8-9,14H2,1-3H3. The van der Waals surface area contributed by atoms with Crippen LogP contribution in [0.25, 0.3) is 0 Å². The van der Waals surface area contributed by atoms with Gasteiger partial charge in [0.15, 0.2) is 0 Å². The second kappa shape index (κ2) is 6.38. The maximum absolute atomic E-state index is 5.71. The molecule has 0 bridgehead atoms. The molecule has 1 rings (SSSR count). The first kappa shape index (κ1) is 12.8. The van der Waals surface area contributed by atoms with E-state index in [1.807, 2.05) is 24.3 Å². The first-order valence-electron chi connectivity index (χ1n) is 5.93. The minimum absolute atomic E-state index is 0.641. The molecule has 0 spiro atoms. The Hall–Kier alpha value is -1.22. The monoisotopic (exact) mass is 221 g/mol. The van der Waals surface area contributed by atoms with E-state index in [-0.39, 0.29) is 0 Å². The van der Waals surface area contributed by atoms with E-state index in [1.165, 1.54) is 6.42 Å².